The molecule has 0 heterocycles. The summed E-state index contributed by atoms with van der Waals surface area (Å²) < 4.78 is 37.5. The van der Waals surface area contributed by atoms with Crippen LogP contribution in [0.3, 0.4) is 0 Å². The molecule has 0 aromatic heterocycles. The van der Waals surface area contributed by atoms with Gasteiger partial charge in [-0.05, 0) is 18.9 Å². The fourth-order valence-corrected chi connectivity index (χ4v) is 1.99. The van der Waals surface area contributed by atoms with Crippen molar-refractivity contribution in [1.29, 1.82) is 0 Å². The molecule has 5 nitrogen and oxygen atoms in total. The molecule has 0 spiro atoms. The minimum atomic E-state index is -4.71. The third-order valence-electron chi connectivity index (χ3n) is 3.20. The summed E-state index contributed by atoms with van der Waals surface area (Å²) in [5.74, 6) is -1.25. The molecule has 1 saturated carbocycles. The van der Waals surface area contributed by atoms with E-state index < -0.39 is 33.7 Å². The standard InChI is InChI=1S/C11H8F3NO4/c12-11(13,14)6-1-2-7(8(5-6)15(18)19)10(3-4-10)9(16)17/h1-2,5H,3-4H2,(H,16,17). The van der Waals surface area contributed by atoms with Crippen LogP contribution in [-0.2, 0) is 16.4 Å². The summed E-state index contributed by atoms with van der Waals surface area (Å²) in [6.07, 6.45) is -4.33. The lowest BCUT2D eigenvalue weighted by Gasteiger charge is -2.13. The van der Waals surface area contributed by atoms with Crippen LogP contribution < -0.4 is 0 Å². The normalized spacial score (nSPS) is 17.0. The summed E-state index contributed by atoms with van der Waals surface area (Å²) in [7, 11) is 0. The van der Waals surface area contributed by atoms with Crippen molar-refractivity contribution in [1.82, 2.24) is 0 Å². The number of nitro benzene ring substituents is 1. The van der Waals surface area contributed by atoms with Gasteiger partial charge in [0, 0.05) is 11.6 Å². The molecule has 1 aromatic rings. The summed E-state index contributed by atoms with van der Waals surface area (Å²) in [6, 6.07) is 1.95. The van der Waals surface area contributed by atoms with Gasteiger partial charge in [0.25, 0.3) is 5.69 Å². The summed E-state index contributed by atoms with van der Waals surface area (Å²) in [4.78, 5) is 21.0. The second kappa shape index (κ2) is 3.94. The molecule has 1 aliphatic carbocycles. The molecule has 1 fully saturated rings. The first kappa shape index (κ1) is 13.3. The predicted octanol–water partition coefficient (Wildman–Crippen LogP) is 2.73. The van der Waals surface area contributed by atoms with Crippen molar-refractivity contribution >= 4 is 11.7 Å². The van der Waals surface area contributed by atoms with Gasteiger partial charge in [0.15, 0.2) is 0 Å². The van der Waals surface area contributed by atoms with Gasteiger partial charge in [-0.1, -0.05) is 6.07 Å². The lowest BCUT2D eigenvalue weighted by Crippen LogP contribution is -2.21. The molecule has 1 aliphatic rings. The maximum Gasteiger partial charge on any atom is 0.416 e. The smallest absolute Gasteiger partial charge is 0.416 e. The zero-order valence-electron chi connectivity index (χ0n) is 9.40. The number of halogens is 3. The first-order valence-electron chi connectivity index (χ1n) is 5.28. The molecule has 0 atom stereocenters. The molecule has 1 aromatic carbocycles. The van der Waals surface area contributed by atoms with Crippen molar-refractivity contribution in [2.45, 2.75) is 24.4 Å². The Morgan fingerprint density at radius 2 is 1.95 bits per heavy atom. The van der Waals surface area contributed by atoms with Gasteiger partial charge in [-0.2, -0.15) is 13.2 Å². The van der Waals surface area contributed by atoms with Crippen LogP contribution in [0.1, 0.15) is 24.0 Å². The quantitative estimate of drug-likeness (QED) is 0.679. The van der Waals surface area contributed by atoms with E-state index in [1.807, 2.05) is 0 Å². The Morgan fingerprint density at radius 1 is 1.37 bits per heavy atom. The number of carboxylic acid groups (broad SMARTS) is 1. The van der Waals surface area contributed by atoms with Crippen LogP contribution >= 0.6 is 0 Å². The highest BCUT2D eigenvalue weighted by atomic mass is 19.4. The van der Waals surface area contributed by atoms with Gasteiger partial charge in [0.05, 0.1) is 15.9 Å². The highest BCUT2D eigenvalue weighted by molar-refractivity contribution is 5.86. The lowest BCUT2D eigenvalue weighted by atomic mass is 9.93. The van der Waals surface area contributed by atoms with Gasteiger partial charge in [0.1, 0.15) is 0 Å². The van der Waals surface area contributed by atoms with Crippen molar-refractivity contribution in [3.05, 3.63) is 39.4 Å². The average Bonchev–Trinajstić information content (AvgIpc) is 3.07. The van der Waals surface area contributed by atoms with Gasteiger partial charge >= 0.3 is 12.1 Å². The third-order valence-corrected chi connectivity index (χ3v) is 3.20. The van der Waals surface area contributed by atoms with Gasteiger partial charge in [-0.15, -0.1) is 0 Å². The van der Waals surface area contributed by atoms with Crippen molar-refractivity contribution < 1.29 is 28.0 Å². The Hall–Kier alpha value is -2.12. The number of carbonyl (C=O) groups is 1. The monoisotopic (exact) mass is 275 g/mol. The van der Waals surface area contributed by atoms with Crippen LogP contribution in [0.4, 0.5) is 18.9 Å². The lowest BCUT2D eigenvalue weighted by molar-refractivity contribution is -0.386. The summed E-state index contributed by atoms with van der Waals surface area (Å²) in [5, 5.41) is 19.9. The maximum atomic E-state index is 12.5. The molecule has 19 heavy (non-hydrogen) atoms. The van der Waals surface area contributed by atoms with E-state index >= 15 is 0 Å². The molecule has 0 saturated heterocycles. The number of aliphatic carboxylic acids is 1. The third kappa shape index (κ3) is 2.13. The Morgan fingerprint density at radius 3 is 2.32 bits per heavy atom. The molecule has 8 heteroatoms. The Labute approximate surface area is 104 Å². The summed E-state index contributed by atoms with van der Waals surface area (Å²) in [6.45, 7) is 0. The average molecular weight is 275 g/mol. The predicted molar refractivity (Wildman–Crippen MR) is 56.6 cm³/mol. The van der Waals surface area contributed by atoms with Crippen LogP contribution in [0, 0.1) is 10.1 Å². The van der Waals surface area contributed by atoms with Crippen molar-refractivity contribution in [3.8, 4) is 0 Å². The van der Waals surface area contributed by atoms with Gasteiger partial charge in [-0.3, -0.25) is 14.9 Å². The number of benzene rings is 1. The molecule has 0 bridgehead atoms. The second-order valence-electron chi connectivity index (χ2n) is 4.37. The molecule has 0 unspecified atom stereocenters. The zero-order valence-corrected chi connectivity index (χ0v) is 9.40. The van der Waals surface area contributed by atoms with E-state index in [9.17, 15) is 28.1 Å². The number of rotatable bonds is 3. The zero-order chi connectivity index (χ0) is 14.4. The Bertz CT molecular complexity index is 564. The van der Waals surface area contributed by atoms with Crippen molar-refractivity contribution in [2.24, 2.45) is 0 Å². The highest BCUT2D eigenvalue weighted by Crippen LogP contribution is 2.52. The van der Waals surface area contributed by atoms with E-state index in [2.05, 4.69) is 0 Å². The van der Waals surface area contributed by atoms with Crippen molar-refractivity contribution in [2.75, 3.05) is 0 Å². The minimum absolute atomic E-state index is 0.169. The first-order valence-corrected chi connectivity index (χ1v) is 5.28. The van der Waals surface area contributed by atoms with E-state index in [-0.39, 0.29) is 18.4 Å². The van der Waals surface area contributed by atoms with Crippen LogP contribution in [0.25, 0.3) is 0 Å². The van der Waals surface area contributed by atoms with Gasteiger partial charge < -0.3 is 5.11 Å². The Balaban J connectivity index is 2.58. The fourth-order valence-electron chi connectivity index (χ4n) is 1.99. The molecule has 0 amide bonds. The largest absolute Gasteiger partial charge is 0.481 e. The Kier molecular flexibility index (Phi) is 2.76. The van der Waals surface area contributed by atoms with Crippen LogP contribution in [0.2, 0.25) is 0 Å². The molecule has 0 aliphatic heterocycles. The second-order valence-corrected chi connectivity index (χ2v) is 4.37. The SMILES string of the molecule is O=C(O)C1(c2ccc(C(F)(F)F)cc2[N+](=O)[O-])CC1. The molecule has 0 radical (unpaired) electrons. The molecule has 102 valence electrons. The molecular formula is C11H8F3NO4. The summed E-state index contributed by atoms with van der Waals surface area (Å²) in [5.41, 5.74) is -3.54. The number of nitro groups is 1. The van der Waals surface area contributed by atoms with E-state index in [1.165, 1.54) is 0 Å². The minimum Gasteiger partial charge on any atom is -0.481 e. The number of hydrogen-bond acceptors (Lipinski definition) is 3. The van der Waals surface area contributed by atoms with Gasteiger partial charge in [-0.25, -0.2) is 0 Å². The van der Waals surface area contributed by atoms with Crippen molar-refractivity contribution in [3.63, 3.8) is 0 Å². The van der Waals surface area contributed by atoms with Crippen LogP contribution in [0.5, 0.6) is 0 Å². The maximum absolute atomic E-state index is 12.5. The summed E-state index contributed by atoms with van der Waals surface area (Å²) >= 11 is 0. The van der Waals surface area contributed by atoms with E-state index in [1.54, 1.807) is 0 Å². The topological polar surface area (TPSA) is 80.4 Å². The molecule has 2 rings (SSSR count). The fraction of sp³-hybridized carbons (Fsp3) is 0.364. The first-order chi connectivity index (χ1) is 8.68. The number of carboxylic acids is 1. The van der Waals surface area contributed by atoms with Gasteiger partial charge in [0.2, 0.25) is 0 Å². The van der Waals surface area contributed by atoms with Crippen LogP contribution in [0.15, 0.2) is 18.2 Å². The van der Waals surface area contributed by atoms with E-state index in [0.29, 0.717) is 12.1 Å². The van der Waals surface area contributed by atoms with E-state index in [4.69, 9.17) is 5.11 Å². The van der Waals surface area contributed by atoms with E-state index in [0.717, 1.165) is 6.07 Å². The molecule has 1 N–H and O–H groups in total. The molecular weight excluding hydrogens is 267 g/mol. The number of alkyl halides is 3. The highest BCUT2D eigenvalue weighted by Gasteiger charge is 2.55. The van der Waals surface area contributed by atoms with Crippen LogP contribution in [-0.4, -0.2) is 16.0 Å². The number of hydrogen-bond donors (Lipinski definition) is 1. The number of nitrogens with zero attached hydrogens (tertiary/aromatic N) is 1.